The minimum atomic E-state index is 0.802. The van der Waals surface area contributed by atoms with Crippen molar-refractivity contribution in [2.45, 2.75) is 19.4 Å². The van der Waals surface area contributed by atoms with Gasteiger partial charge in [0.05, 0.1) is 31.3 Å². The first-order valence-corrected chi connectivity index (χ1v) is 8.85. The number of morpholine rings is 1. The molecule has 0 saturated carbocycles. The summed E-state index contributed by atoms with van der Waals surface area (Å²) < 4.78 is 5.40. The summed E-state index contributed by atoms with van der Waals surface area (Å²) in [4.78, 5) is 13.9. The molecule has 4 rings (SSSR count). The van der Waals surface area contributed by atoms with Gasteiger partial charge < -0.3 is 9.64 Å². The molecule has 0 radical (unpaired) electrons. The van der Waals surface area contributed by atoms with Crippen molar-refractivity contribution in [2.24, 2.45) is 0 Å². The summed E-state index contributed by atoms with van der Waals surface area (Å²) in [6.07, 6.45) is 6.45. The number of hydrogen-bond donors (Lipinski definition) is 0. The number of hydrogen-bond acceptors (Lipinski definition) is 5. The summed E-state index contributed by atoms with van der Waals surface area (Å²) in [6.45, 7) is 6.95. The van der Waals surface area contributed by atoms with E-state index in [1.165, 1.54) is 18.4 Å². The predicted molar refractivity (Wildman–Crippen MR) is 95.0 cm³/mol. The Bertz CT molecular complexity index is 644. The second-order valence-corrected chi connectivity index (χ2v) is 6.54. The zero-order valence-electron chi connectivity index (χ0n) is 14.0. The Morgan fingerprint density at radius 2 is 1.54 bits per heavy atom. The maximum Gasteiger partial charge on any atom is 0.159 e. The van der Waals surface area contributed by atoms with Crippen LogP contribution in [-0.4, -0.2) is 54.3 Å². The summed E-state index contributed by atoms with van der Waals surface area (Å²) in [5.41, 5.74) is 3.54. The monoisotopic (exact) mass is 324 g/mol. The van der Waals surface area contributed by atoms with Gasteiger partial charge in [-0.05, 0) is 18.4 Å². The second kappa shape index (κ2) is 7.28. The number of nitrogens with zero attached hydrogens (tertiary/aromatic N) is 4. The molecule has 126 valence electrons. The van der Waals surface area contributed by atoms with Crippen molar-refractivity contribution in [3.8, 4) is 11.4 Å². The molecule has 0 bridgehead atoms. The van der Waals surface area contributed by atoms with Crippen molar-refractivity contribution in [3.63, 3.8) is 0 Å². The largest absolute Gasteiger partial charge is 0.379 e. The third-order valence-electron chi connectivity index (χ3n) is 4.83. The lowest BCUT2D eigenvalue weighted by Gasteiger charge is -2.26. The van der Waals surface area contributed by atoms with Crippen molar-refractivity contribution in [2.75, 3.05) is 44.3 Å². The van der Waals surface area contributed by atoms with Crippen LogP contribution in [0.25, 0.3) is 11.4 Å². The minimum Gasteiger partial charge on any atom is -0.379 e. The van der Waals surface area contributed by atoms with E-state index in [-0.39, 0.29) is 0 Å². The third-order valence-corrected chi connectivity index (χ3v) is 4.83. The van der Waals surface area contributed by atoms with E-state index < -0.39 is 0 Å². The van der Waals surface area contributed by atoms with E-state index in [0.717, 1.165) is 63.0 Å². The van der Waals surface area contributed by atoms with Crippen LogP contribution >= 0.6 is 0 Å². The molecule has 3 heterocycles. The Morgan fingerprint density at radius 1 is 0.875 bits per heavy atom. The highest BCUT2D eigenvalue weighted by molar-refractivity contribution is 5.57. The Balaban J connectivity index is 1.42. The Morgan fingerprint density at radius 3 is 2.21 bits per heavy atom. The fraction of sp³-hybridized carbons (Fsp3) is 0.474. The fourth-order valence-corrected chi connectivity index (χ4v) is 3.39. The van der Waals surface area contributed by atoms with Crippen LogP contribution in [0.5, 0.6) is 0 Å². The molecule has 24 heavy (non-hydrogen) atoms. The number of rotatable bonds is 4. The lowest BCUT2D eigenvalue weighted by Crippen LogP contribution is -2.35. The Hall–Kier alpha value is -1.98. The SMILES string of the molecule is c1cc(-c2ncc(N3CCCC3)cn2)ccc1CN1CCOCC1. The molecule has 1 aromatic carbocycles. The lowest BCUT2D eigenvalue weighted by molar-refractivity contribution is 0.0342. The zero-order valence-corrected chi connectivity index (χ0v) is 14.0. The van der Waals surface area contributed by atoms with Crippen molar-refractivity contribution < 1.29 is 4.74 Å². The summed E-state index contributed by atoms with van der Waals surface area (Å²) in [7, 11) is 0. The summed E-state index contributed by atoms with van der Waals surface area (Å²) >= 11 is 0. The third kappa shape index (κ3) is 3.57. The van der Waals surface area contributed by atoms with Gasteiger partial charge in [0, 0.05) is 38.3 Å². The van der Waals surface area contributed by atoms with Crippen molar-refractivity contribution >= 4 is 5.69 Å². The van der Waals surface area contributed by atoms with E-state index in [0.29, 0.717) is 0 Å². The molecule has 5 heteroatoms. The first-order chi connectivity index (χ1) is 11.9. The maximum atomic E-state index is 5.40. The van der Waals surface area contributed by atoms with Gasteiger partial charge >= 0.3 is 0 Å². The number of benzene rings is 1. The van der Waals surface area contributed by atoms with Crippen molar-refractivity contribution in [1.29, 1.82) is 0 Å². The predicted octanol–water partition coefficient (Wildman–Crippen LogP) is 2.58. The fourth-order valence-electron chi connectivity index (χ4n) is 3.39. The molecular weight excluding hydrogens is 300 g/mol. The molecule has 5 nitrogen and oxygen atoms in total. The molecule has 0 atom stereocenters. The van der Waals surface area contributed by atoms with E-state index in [2.05, 4.69) is 44.0 Å². The topological polar surface area (TPSA) is 41.5 Å². The van der Waals surface area contributed by atoms with Gasteiger partial charge in [0.25, 0.3) is 0 Å². The molecular formula is C19H24N4O. The van der Waals surface area contributed by atoms with E-state index >= 15 is 0 Å². The van der Waals surface area contributed by atoms with Crippen LogP contribution in [0.1, 0.15) is 18.4 Å². The van der Waals surface area contributed by atoms with E-state index in [4.69, 9.17) is 4.74 Å². The van der Waals surface area contributed by atoms with Crippen LogP contribution in [0.15, 0.2) is 36.7 Å². The summed E-state index contributed by atoms with van der Waals surface area (Å²) in [5, 5.41) is 0. The average molecular weight is 324 g/mol. The molecule has 2 fully saturated rings. The standard InChI is InChI=1S/C19H24N4O/c1-2-8-23(7-1)18-13-20-19(21-14-18)17-5-3-16(4-6-17)15-22-9-11-24-12-10-22/h3-6,13-14H,1-2,7-12,15H2. The highest BCUT2D eigenvalue weighted by Crippen LogP contribution is 2.21. The number of aromatic nitrogens is 2. The van der Waals surface area contributed by atoms with Gasteiger partial charge in [0.15, 0.2) is 5.82 Å². The van der Waals surface area contributed by atoms with E-state index in [1.807, 2.05) is 12.4 Å². The van der Waals surface area contributed by atoms with Crippen molar-refractivity contribution in [3.05, 3.63) is 42.2 Å². The first kappa shape index (κ1) is 15.5. The highest BCUT2D eigenvalue weighted by atomic mass is 16.5. The van der Waals surface area contributed by atoms with Gasteiger partial charge in [0.2, 0.25) is 0 Å². The van der Waals surface area contributed by atoms with E-state index in [9.17, 15) is 0 Å². The van der Waals surface area contributed by atoms with Crippen LogP contribution in [0, 0.1) is 0 Å². The van der Waals surface area contributed by atoms with Gasteiger partial charge in [-0.1, -0.05) is 24.3 Å². The molecule has 0 amide bonds. The van der Waals surface area contributed by atoms with Crippen LogP contribution < -0.4 is 4.90 Å². The molecule has 0 N–H and O–H groups in total. The van der Waals surface area contributed by atoms with Gasteiger partial charge in [-0.15, -0.1) is 0 Å². The Kier molecular flexibility index (Phi) is 4.71. The average Bonchev–Trinajstić information content (AvgIpc) is 3.18. The van der Waals surface area contributed by atoms with Gasteiger partial charge in [-0.2, -0.15) is 0 Å². The normalized spacial score (nSPS) is 18.9. The first-order valence-electron chi connectivity index (χ1n) is 8.85. The van der Waals surface area contributed by atoms with Crippen LogP contribution in [0.2, 0.25) is 0 Å². The summed E-state index contributed by atoms with van der Waals surface area (Å²) in [6, 6.07) is 8.62. The number of anilines is 1. The van der Waals surface area contributed by atoms with Crippen LogP contribution in [0.4, 0.5) is 5.69 Å². The molecule has 1 aromatic heterocycles. The number of ether oxygens (including phenoxy) is 1. The summed E-state index contributed by atoms with van der Waals surface area (Å²) in [5.74, 6) is 0.802. The van der Waals surface area contributed by atoms with Crippen LogP contribution in [0.3, 0.4) is 0 Å². The molecule has 0 aliphatic carbocycles. The minimum absolute atomic E-state index is 0.802. The van der Waals surface area contributed by atoms with E-state index in [1.54, 1.807) is 0 Å². The van der Waals surface area contributed by atoms with Crippen LogP contribution in [-0.2, 0) is 11.3 Å². The van der Waals surface area contributed by atoms with Gasteiger partial charge in [-0.25, -0.2) is 9.97 Å². The molecule has 2 aromatic rings. The quantitative estimate of drug-likeness (QED) is 0.865. The Labute approximate surface area is 143 Å². The highest BCUT2D eigenvalue weighted by Gasteiger charge is 2.14. The molecule has 2 aliphatic heterocycles. The molecule has 2 aliphatic rings. The molecule has 0 unspecified atom stereocenters. The second-order valence-electron chi connectivity index (χ2n) is 6.54. The maximum absolute atomic E-state index is 5.40. The lowest BCUT2D eigenvalue weighted by atomic mass is 10.1. The smallest absolute Gasteiger partial charge is 0.159 e. The molecule has 0 spiro atoms. The van der Waals surface area contributed by atoms with Crippen molar-refractivity contribution in [1.82, 2.24) is 14.9 Å². The van der Waals surface area contributed by atoms with Gasteiger partial charge in [0.1, 0.15) is 0 Å². The van der Waals surface area contributed by atoms with Gasteiger partial charge in [-0.3, -0.25) is 4.90 Å². The zero-order chi connectivity index (χ0) is 16.2. The molecule has 2 saturated heterocycles.